The molecule has 0 aromatic carbocycles. The van der Waals surface area contributed by atoms with E-state index in [1.165, 1.54) is 0 Å². The fraction of sp³-hybridized carbons (Fsp3) is 0.500. The SMILES string of the molecule is CCCC(C)(N)c1nc2nc(N)[nH]c(=O)c2[nH]1. The third-order valence-electron chi connectivity index (χ3n) is 2.69. The van der Waals surface area contributed by atoms with Crippen LogP contribution in [0.25, 0.3) is 11.2 Å². The Kier molecular flexibility index (Phi) is 2.62. The van der Waals surface area contributed by atoms with Crippen LogP contribution in [0.4, 0.5) is 5.95 Å². The van der Waals surface area contributed by atoms with Crippen molar-refractivity contribution in [2.45, 2.75) is 32.2 Å². The summed E-state index contributed by atoms with van der Waals surface area (Å²) < 4.78 is 0. The van der Waals surface area contributed by atoms with Gasteiger partial charge in [-0.1, -0.05) is 13.3 Å². The van der Waals surface area contributed by atoms with E-state index >= 15 is 0 Å². The van der Waals surface area contributed by atoms with Gasteiger partial charge in [0.05, 0.1) is 5.54 Å². The van der Waals surface area contributed by atoms with E-state index in [4.69, 9.17) is 11.5 Å². The maximum Gasteiger partial charge on any atom is 0.278 e. The molecule has 7 heteroatoms. The van der Waals surface area contributed by atoms with Crippen LogP contribution in [0.5, 0.6) is 0 Å². The highest BCUT2D eigenvalue weighted by atomic mass is 16.1. The van der Waals surface area contributed by atoms with Crippen molar-refractivity contribution in [3.63, 3.8) is 0 Å². The van der Waals surface area contributed by atoms with Crippen LogP contribution in [0.2, 0.25) is 0 Å². The number of nitrogens with two attached hydrogens (primary N) is 2. The fourth-order valence-corrected chi connectivity index (χ4v) is 1.83. The van der Waals surface area contributed by atoms with Crippen LogP contribution in [-0.4, -0.2) is 19.9 Å². The van der Waals surface area contributed by atoms with Gasteiger partial charge in [0.1, 0.15) is 5.82 Å². The second-order valence-corrected chi connectivity index (χ2v) is 4.40. The predicted molar refractivity (Wildman–Crippen MR) is 65.4 cm³/mol. The van der Waals surface area contributed by atoms with Gasteiger partial charge in [-0.05, 0) is 13.3 Å². The van der Waals surface area contributed by atoms with Crippen LogP contribution in [0.3, 0.4) is 0 Å². The first kappa shape index (κ1) is 11.6. The second-order valence-electron chi connectivity index (χ2n) is 4.40. The van der Waals surface area contributed by atoms with E-state index in [2.05, 4.69) is 19.9 Å². The van der Waals surface area contributed by atoms with Gasteiger partial charge in [-0.3, -0.25) is 9.78 Å². The summed E-state index contributed by atoms with van der Waals surface area (Å²) in [5.74, 6) is 0.604. The molecule has 7 nitrogen and oxygen atoms in total. The van der Waals surface area contributed by atoms with Crippen molar-refractivity contribution < 1.29 is 0 Å². The van der Waals surface area contributed by atoms with Crippen LogP contribution in [0.1, 0.15) is 32.5 Å². The smallest absolute Gasteiger partial charge is 0.278 e. The molecule has 92 valence electrons. The van der Waals surface area contributed by atoms with Crippen LogP contribution in [-0.2, 0) is 5.54 Å². The molecule has 2 aromatic rings. The Hall–Kier alpha value is -1.89. The summed E-state index contributed by atoms with van der Waals surface area (Å²) in [4.78, 5) is 25.1. The van der Waals surface area contributed by atoms with Gasteiger partial charge in [0, 0.05) is 0 Å². The van der Waals surface area contributed by atoms with Gasteiger partial charge in [-0.2, -0.15) is 4.98 Å². The lowest BCUT2D eigenvalue weighted by atomic mass is 9.97. The van der Waals surface area contributed by atoms with E-state index in [0.717, 1.165) is 12.8 Å². The quantitative estimate of drug-likeness (QED) is 0.605. The van der Waals surface area contributed by atoms with Gasteiger partial charge >= 0.3 is 0 Å². The van der Waals surface area contributed by atoms with Gasteiger partial charge < -0.3 is 16.5 Å². The van der Waals surface area contributed by atoms with Crippen LogP contribution < -0.4 is 17.0 Å². The number of imidazole rings is 1. The molecule has 1 atom stereocenters. The summed E-state index contributed by atoms with van der Waals surface area (Å²) in [5, 5.41) is 0. The number of nitrogen functional groups attached to an aromatic ring is 1. The van der Waals surface area contributed by atoms with Crippen molar-refractivity contribution in [3.05, 3.63) is 16.2 Å². The molecule has 0 saturated carbocycles. The van der Waals surface area contributed by atoms with Gasteiger partial charge in [0.25, 0.3) is 5.56 Å². The van der Waals surface area contributed by atoms with E-state index in [0.29, 0.717) is 17.0 Å². The predicted octanol–water partition coefficient (Wildman–Crippen LogP) is 0.202. The average molecular weight is 236 g/mol. The Labute approximate surface area is 97.6 Å². The zero-order valence-electron chi connectivity index (χ0n) is 9.87. The Balaban J connectivity index is 2.59. The molecule has 0 saturated heterocycles. The molecule has 17 heavy (non-hydrogen) atoms. The largest absolute Gasteiger partial charge is 0.369 e. The normalized spacial score (nSPS) is 15.0. The third-order valence-corrected chi connectivity index (χ3v) is 2.69. The maximum atomic E-state index is 11.6. The Morgan fingerprint density at radius 2 is 2.06 bits per heavy atom. The number of aromatic nitrogens is 4. The van der Waals surface area contributed by atoms with Crippen molar-refractivity contribution in [2.75, 3.05) is 5.73 Å². The second kappa shape index (κ2) is 3.85. The zero-order chi connectivity index (χ0) is 12.6. The van der Waals surface area contributed by atoms with Crippen LogP contribution in [0, 0.1) is 0 Å². The Bertz CT molecular complexity index is 596. The molecule has 0 spiro atoms. The number of aromatic amines is 2. The summed E-state index contributed by atoms with van der Waals surface area (Å²) in [6, 6.07) is 0. The Morgan fingerprint density at radius 3 is 2.71 bits per heavy atom. The highest BCUT2D eigenvalue weighted by molar-refractivity contribution is 5.70. The lowest BCUT2D eigenvalue weighted by Crippen LogP contribution is -2.34. The van der Waals surface area contributed by atoms with Crippen molar-refractivity contribution in [2.24, 2.45) is 5.73 Å². The third kappa shape index (κ3) is 2.01. The standard InChI is InChI=1S/C10H16N6O/c1-3-4-10(2,12)8-13-5-6(14-8)15-9(11)16-7(5)17/h3-4,12H2,1-2H3,(H4,11,13,14,15,16,17). The molecule has 0 fully saturated rings. The number of rotatable bonds is 3. The topological polar surface area (TPSA) is 126 Å². The number of hydrogen-bond donors (Lipinski definition) is 4. The zero-order valence-corrected chi connectivity index (χ0v) is 9.87. The minimum absolute atomic E-state index is 0.0507. The van der Waals surface area contributed by atoms with Crippen LogP contribution >= 0.6 is 0 Å². The summed E-state index contributed by atoms with van der Waals surface area (Å²) in [6.45, 7) is 3.91. The first-order chi connectivity index (χ1) is 7.94. The molecule has 0 bridgehead atoms. The van der Waals surface area contributed by atoms with E-state index in [1.54, 1.807) is 0 Å². The summed E-state index contributed by atoms with van der Waals surface area (Å²) in [7, 11) is 0. The van der Waals surface area contributed by atoms with E-state index in [-0.39, 0.29) is 11.5 Å². The molecule has 0 aliphatic carbocycles. The number of H-pyrrole nitrogens is 2. The minimum Gasteiger partial charge on any atom is -0.369 e. The highest BCUT2D eigenvalue weighted by Gasteiger charge is 2.25. The summed E-state index contributed by atoms with van der Waals surface area (Å²) in [5.41, 5.74) is 11.3. The Morgan fingerprint density at radius 1 is 1.35 bits per heavy atom. The molecular weight excluding hydrogens is 220 g/mol. The molecule has 0 radical (unpaired) electrons. The first-order valence-electron chi connectivity index (χ1n) is 5.49. The van der Waals surface area contributed by atoms with Crippen molar-refractivity contribution in [1.82, 2.24) is 19.9 Å². The maximum absolute atomic E-state index is 11.6. The van der Waals surface area contributed by atoms with Gasteiger partial charge in [-0.15, -0.1) is 0 Å². The summed E-state index contributed by atoms with van der Waals surface area (Å²) in [6.07, 6.45) is 1.69. The number of nitrogens with one attached hydrogen (secondary N) is 2. The molecule has 0 aliphatic heterocycles. The van der Waals surface area contributed by atoms with E-state index in [9.17, 15) is 4.79 Å². The molecule has 2 heterocycles. The molecule has 2 aromatic heterocycles. The molecule has 2 rings (SSSR count). The van der Waals surface area contributed by atoms with E-state index < -0.39 is 5.54 Å². The number of nitrogens with zero attached hydrogens (tertiary/aromatic N) is 2. The van der Waals surface area contributed by atoms with Crippen molar-refractivity contribution in [1.29, 1.82) is 0 Å². The first-order valence-corrected chi connectivity index (χ1v) is 5.49. The number of hydrogen-bond acceptors (Lipinski definition) is 5. The highest BCUT2D eigenvalue weighted by Crippen LogP contribution is 2.21. The van der Waals surface area contributed by atoms with Crippen LogP contribution in [0.15, 0.2) is 4.79 Å². The molecular formula is C10H16N6O. The van der Waals surface area contributed by atoms with E-state index in [1.807, 2.05) is 13.8 Å². The molecule has 1 unspecified atom stereocenters. The number of fused-ring (bicyclic) bond motifs is 1. The monoisotopic (exact) mass is 236 g/mol. The molecule has 6 N–H and O–H groups in total. The summed E-state index contributed by atoms with van der Waals surface area (Å²) >= 11 is 0. The fourth-order valence-electron chi connectivity index (χ4n) is 1.83. The lowest BCUT2D eigenvalue weighted by Gasteiger charge is -2.20. The van der Waals surface area contributed by atoms with Gasteiger partial charge in [-0.25, -0.2) is 4.98 Å². The average Bonchev–Trinajstić information content (AvgIpc) is 2.62. The number of anilines is 1. The van der Waals surface area contributed by atoms with Gasteiger partial charge in [0.15, 0.2) is 11.2 Å². The lowest BCUT2D eigenvalue weighted by molar-refractivity contribution is 0.424. The van der Waals surface area contributed by atoms with Crippen molar-refractivity contribution >= 4 is 17.1 Å². The molecule has 0 amide bonds. The van der Waals surface area contributed by atoms with Crippen molar-refractivity contribution in [3.8, 4) is 0 Å². The van der Waals surface area contributed by atoms with Gasteiger partial charge in [0.2, 0.25) is 5.95 Å². The molecule has 0 aliphatic rings. The minimum atomic E-state index is -0.601.